The van der Waals surface area contributed by atoms with Crippen molar-refractivity contribution in [3.05, 3.63) is 16.1 Å². The molecule has 1 aromatic rings. The van der Waals surface area contributed by atoms with E-state index in [9.17, 15) is 0 Å². The molecule has 0 saturated carbocycles. The molecule has 0 bridgehead atoms. The number of hydrogen-bond acceptors (Lipinski definition) is 3. The van der Waals surface area contributed by atoms with E-state index in [0.717, 1.165) is 18.2 Å². The van der Waals surface area contributed by atoms with E-state index in [1.807, 2.05) is 12.4 Å². The normalized spacial score (nSPS) is 11.9. The smallest absolute Gasteiger partial charge is 0.191 e. The maximum Gasteiger partial charge on any atom is 0.191 e. The highest BCUT2D eigenvalue weighted by molar-refractivity contribution is 7.09. The minimum absolute atomic E-state index is 0.389. The molecule has 0 aromatic carbocycles. The van der Waals surface area contributed by atoms with Crippen LogP contribution in [-0.4, -0.2) is 23.5 Å². The number of rotatable bonds is 4. The number of hydrogen-bond donors (Lipinski definition) is 2. The number of thiazole rings is 1. The summed E-state index contributed by atoms with van der Waals surface area (Å²) in [5, 5.41) is 6.50. The molecule has 0 unspecified atom stereocenters. The molecule has 16 heavy (non-hydrogen) atoms. The Balaban J connectivity index is 2.60. The van der Waals surface area contributed by atoms with Gasteiger partial charge in [-0.05, 0) is 27.7 Å². The number of nitrogens with one attached hydrogen (secondary N) is 2. The van der Waals surface area contributed by atoms with Crippen molar-refractivity contribution >= 4 is 17.3 Å². The molecule has 0 atom stereocenters. The number of nitrogens with zero attached hydrogens (tertiary/aromatic N) is 2. The topological polar surface area (TPSA) is 49.3 Å². The molecule has 1 rings (SSSR count). The van der Waals surface area contributed by atoms with Crippen LogP contribution in [0.1, 0.15) is 31.3 Å². The number of aliphatic imine (C=N–C) groups is 1. The molecule has 2 N–H and O–H groups in total. The van der Waals surface area contributed by atoms with Crippen LogP contribution in [0.2, 0.25) is 0 Å². The molecule has 0 spiro atoms. The lowest BCUT2D eigenvalue weighted by Gasteiger charge is -2.13. The molecule has 1 heterocycles. The summed E-state index contributed by atoms with van der Waals surface area (Å²) in [7, 11) is 0. The second-order valence-electron chi connectivity index (χ2n) is 3.86. The van der Waals surface area contributed by atoms with Crippen LogP contribution in [0.4, 0.5) is 0 Å². The summed E-state index contributed by atoms with van der Waals surface area (Å²) in [4.78, 5) is 9.95. The SMILES string of the molecule is CCNC(=NCc1scnc1C)NC(C)C. The highest BCUT2D eigenvalue weighted by Crippen LogP contribution is 2.12. The summed E-state index contributed by atoms with van der Waals surface area (Å²) in [6.07, 6.45) is 0. The van der Waals surface area contributed by atoms with Crippen molar-refractivity contribution in [2.24, 2.45) is 4.99 Å². The first-order valence-electron chi connectivity index (χ1n) is 5.57. The van der Waals surface area contributed by atoms with Gasteiger partial charge in [0.1, 0.15) is 0 Å². The molecule has 0 fully saturated rings. The lowest BCUT2D eigenvalue weighted by molar-refractivity contribution is 0.701. The minimum Gasteiger partial charge on any atom is -0.357 e. The second-order valence-corrected chi connectivity index (χ2v) is 4.79. The van der Waals surface area contributed by atoms with Crippen LogP contribution in [0.3, 0.4) is 0 Å². The van der Waals surface area contributed by atoms with Crippen molar-refractivity contribution in [1.82, 2.24) is 15.6 Å². The molecule has 0 amide bonds. The molecule has 4 nitrogen and oxygen atoms in total. The molecular formula is C11H20N4S. The molecule has 5 heteroatoms. The molecular weight excluding hydrogens is 220 g/mol. The van der Waals surface area contributed by atoms with Gasteiger partial charge in [-0.2, -0.15) is 0 Å². The zero-order chi connectivity index (χ0) is 12.0. The van der Waals surface area contributed by atoms with E-state index in [0.29, 0.717) is 12.6 Å². The van der Waals surface area contributed by atoms with Crippen LogP contribution in [-0.2, 0) is 6.54 Å². The Morgan fingerprint density at radius 3 is 2.81 bits per heavy atom. The minimum atomic E-state index is 0.389. The van der Waals surface area contributed by atoms with Crippen LogP contribution in [0.25, 0.3) is 0 Å². The van der Waals surface area contributed by atoms with Gasteiger partial charge in [-0.1, -0.05) is 0 Å². The Kier molecular flexibility index (Phi) is 5.25. The van der Waals surface area contributed by atoms with Gasteiger partial charge in [-0.15, -0.1) is 11.3 Å². The van der Waals surface area contributed by atoms with E-state index >= 15 is 0 Å². The number of aryl methyl sites for hydroxylation is 1. The summed E-state index contributed by atoms with van der Waals surface area (Å²) in [5.41, 5.74) is 2.94. The monoisotopic (exact) mass is 240 g/mol. The fourth-order valence-corrected chi connectivity index (χ4v) is 1.92. The van der Waals surface area contributed by atoms with Gasteiger partial charge in [0, 0.05) is 17.5 Å². The molecule has 90 valence electrons. The number of guanidine groups is 1. The van der Waals surface area contributed by atoms with E-state index in [1.165, 1.54) is 4.88 Å². The average molecular weight is 240 g/mol. The Hall–Kier alpha value is -1.10. The van der Waals surface area contributed by atoms with Gasteiger partial charge in [0.25, 0.3) is 0 Å². The molecule has 0 aliphatic heterocycles. The van der Waals surface area contributed by atoms with Crippen LogP contribution in [0.15, 0.2) is 10.5 Å². The standard InChI is InChI=1S/C11H20N4S/c1-5-12-11(15-8(2)3)13-6-10-9(4)14-7-16-10/h7-8H,5-6H2,1-4H3,(H2,12,13,15). The maximum atomic E-state index is 4.52. The summed E-state index contributed by atoms with van der Waals surface area (Å²) in [5.74, 6) is 0.866. The largest absolute Gasteiger partial charge is 0.357 e. The van der Waals surface area contributed by atoms with Crippen molar-refractivity contribution in [2.75, 3.05) is 6.54 Å². The molecule has 0 radical (unpaired) electrons. The van der Waals surface area contributed by atoms with E-state index in [-0.39, 0.29) is 0 Å². The zero-order valence-corrected chi connectivity index (χ0v) is 11.2. The summed E-state index contributed by atoms with van der Waals surface area (Å²) < 4.78 is 0. The summed E-state index contributed by atoms with van der Waals surface area (Å²) in [6.45, 7) is 9.86. The van der Waals surface area contributed by atoms with Crippen molar-refractivity contribution in [2.45, 2.75) is 40.3 Å². The number of aromatic nitrogens is 1. The maximum absolute atomic E-state index is 4.52. The third-order valence-corrected chi connectivity index (χ3v) is 2.92. The lowest BCUT2D eigenvalue weighted by Crippen LogP contribution is -2.40. The molecule has 0 aliphatic rings. The van der Waals surface area contributed by atoms with Gasteiger partial charge in [0.2, 0.25) is 0 Å². The Bertz CT molecular complexity index is 344. The first kappa shape index (κ1) is 13.0. The second kappa shape index (κ2) is 6.48. The van der Waals surface area contributed by atoms with E-state index in [4.69, 9.17) is 0 Å². The fraction of sp³-hybridized carbons (Fsp3) is 0.636. The Labute approximate surface area is 101 Å². The highest BCUT2D eigenvalue weighted by atomic mass is 32.1. The zero-order valence-electron chi connectivity index (χ0n) is 10.4. The predicted molar refractivity (Wildman–Crippen MR) is 69.9 cm³/mol. The molecule has 0 saturated heterocycles. The first-order valence-corrected chi connectivity index (χ1v) is 6.45. The fourth-order valence-electron chi connectivity index (χ4n) is 1.22. The van der Waals surface area contributed by atoms with Gasteiger partial charge in [-0.25, -0.2) is 9.98 Å². The summed E-state index contributed by atoms with van der Waals surface area (Å²) >= 11 is 1.65. The summed E-state index contributed by atoms with van der Waals surface area (Å²) in [6, 6.07) is 0.389. The third kappa shape index (κ3) is 4.18. The van der Waals surface area contributed by atoms with Gasteiger partial charge >= 0.3 is 0 Å². The first-order chi connectivity index (χ1) is 7.63. The van der Waals surface area contributed by atoms with Crippen LogP contribution >= 0.6 is 11.3 Å². The van der Waals surface area contributed by atoms with Crippen LogP contribution < -0.4 is 10.6 Å². The van der Waals surface area contributed by atoms with Crippen molar-refractivity contribution in [3.8, 4) is 0 Å². The average Bonchev–Trinajstić information content (AvgIpc) is 2.60. The van der Waals surface area contributed by atoms with Gasteiger partial charge in [0.05, 0.1) is 17.7 Å². The van der Waals surface area contributed by atoms with Crippen molar-refractivity contribution in [1.29, 1.82) is 0 Å². The Morgan fingerprint density at radius 2 is 2.31 bits per heavy atom. The van der Waals surface area contributed by atoms with Crippen molar-refractivity contribution < 1.29 is 0 Å². The molecule has 1 aromatic heterocycles. The lowest BCUT2D eigenvalue weighted by atomic mass is 10.4. The molecule has 0 aliphatic carbocycles. The predicted octanol–water partition coefficient (Wildman–Crippen LogP) is 1.92. The van der Waals surface area contributed by atoms with Crippen LogP contribution in [0, 0.1) is 6.92 Å². The quantitative estimate of drug-likeness (QED) is 0.624. The van der Waals surface area contributed by atoms with E-state index in [2.05, 4.69) is 41.4 Å². The van der Waals surface area contributed by atoms with Gasteiger partial charge in [-0.3, -0.25) is 0 Å². The van der Waals surface area contributed by atoms with E-state index < -0.39 is 0 Å². The van der Waals surface area contributed by atoms with Crippen LogP contribution in [0.5, 0.6) is 0 Å². The Morgan fingerprint density at radius 1 is 1.56 bits per heavy atom. The van der Waals surface area contributed by atoms with Gasteiger partial charge in [0.15, 0.2) is 5.96 Å². The highest BCUT2D eigenvalue weighted by Gasteiger charge is 2.02. The van der Waals surface area contributed by atoms with E-state index in [1.54, 1.807) is 11.3 Å². The van der Waals surface area contributed by atoms with Crippen molar-refractivity contribution in [3.63, 3.8) is 0 Å². The van der Waals surface area contributed by atoms with Gasteiger partial charge < -0.3 is 10.6 Å². The third-order valence-electron chi connectivity index (χ3n) is 2.00.